The fraction of sp³-hybridized carbons (Fsp3) is 0.714. The second kappa shape index (κ2) is 7.94. The third-order valence-corrected chi connectivity index (χ3v) is 3.59. The predicted octanol–water partition coefficient (Wildman–Crippen LogP) is 1.44. The highest BCUT2D eigenvalue weighted by atomic mass is 16.1. The molecule has 1 aromatic heterocycles. The Morgan fingerprint density at radius 1 is 1.47 bits per heavy atom. The highest BCUT2D eigenvalue weighted by Gasteiger charge is 2.14. The van der Waals surface area contributed by atoms with Crippen molar-refractivity contribution in [3.8, 4) is 0 Å². The lowest BCUT2D eigenvalue weighted by molar-refractivity contribution is -0.121. The Morgan fingerprint density at radius 2 is 2.21 bits per heavy atom. The molecule has 108 valence electrons. The zero-order chi connectivity index (χ0) is 14.3. The van der Waals surface area contributed by atoms with Crippen LogP contribution in [-0.2, 0) is 18.4 Å². The molecule has 0 radical (unpaired) electrons. The first-order valence-electron chi connectivity index (χ1n) is 6.97. The molecule has 19 heavy (non-hydrogen) atoms. The molecule has 0 aromatic carbocycles. The molecule has 0 aliphatic rings. The van der Waals surface area contributed by atoms with Gasteiger partial charge in [-0.1, -0.05) is 13.8 Å². The molecule has 1 aromatic rings. The average molecular weight is 266 g/mol. The maximum absolute atomic E-state index is 11.8. The summed E-state index contributed by atoms with van der Waals surface area (Å²) in [6.07, 6.45) is 6.06. The summed E-state index contributed by atoms with van der Waals surface area (Å²) >= 11 is 0. The molecule has 1 heterocycles. The highest BCUT2D eigenvalue weighted by Crippen LogP contribution is 2.20. The number of hydrogen-bond acceptors (Lipinski definition) is 3. The predicted molar refractivity (Wildman–Crippen MR) is 76.3 cm³/mol. The normalized spacial score (nSPS) is 12.7. The zero-order valence-electron chi connectivity index (χ0n) is 12.2. The molecule has 5 nitrogen and oxygen atoms in total. The monoisotopic (exact) mass is 266 g/mol. The van der Waals surface area contributed by atoms with Crippen molar-refractivity contribution in [3.63, 3.8) is 0 Å². The van der Waals surface area contributed by atoms with Crippen molar-refractivity contribution in [1.82, 2.24) is 14.9 Å². The Bertz CT molecular complexity index is 387. The Morgan fingerprint density at radius 3 is 2.74 bits per heavy atom. The minimum absolute atomic E-state index is 0.0886. The van der Waals surface area contributed by atoms with E-state index in [1.54, 1.807) is 6.20 Å². The fourth-order valence-electron chi connectivity index (χ4n) is 2.17. The number of carbonyl (C=O) groups excluding carboxylic acids is 1. The molecule has 0 saturated heterocycles. The van der Waals surface area contributed by atoms with E-state index in [1.165, 1.54) is 0 Å². The Hall–Kier alpha value is -1.36. The molecule has 0 aliphatic heterocycles. The van der Waals surface area contributed by atoms with E-state index < -0.39 is 0 Å². The second-order valence-corrected chi connectivity index (χ2v) is 5.35. The Kier molecular flexibility index (Phi) is 6.56. The van der Waals surface area contributed by atoms with Crippen molar-refractivity contribution in [3.05, 3.63) is 18.2 Å². The Balaban J connectivity index is 2.29. The average Bonchev–Trinajstić information content (AvgIpc) is 2.77. The van der Waals surface area contributed by atoms with Gasteiger partial charge in [-0.3, -0.25) is 4.79 Å². The number of nitrogens with one attached hydrogen (secondary N) is 1. The number of hydrogen-bond donors (Lipinski definition) is 2. The molecule has 0 fully saturated rings. The van der Waals surface area contributed by atoms with Crippen LogP contribution in [0.4, 0.5) is 0 Å². The van der Waals surface area contributed by atoms with E-state index in [1.807, 2.05) is 17.8 Å². The van der Waals surface area contributed by atoms with Crippen LogP contribution < -0.4 is 11.1 Å². The largest absolute Gasteiger partial charge is 0.349 e. The topological polar surface area (TPSA) is 72.9 Å². The van der Waals surface area contributed by atoms with E-state index >= 15 is 0 Å². The van der Waals surface area contributed by atoms with Crippen LogP contribution in [0, 0.1) is 11.8 Å². The number of rotatable bonds is 8. The van der Waals surface area contributed by atoms with Crippen molar-refractivity contribution in [1.29, 1.82) is 0 Å². The lowest BCUT2D eigenvalue weighted by atomic mass is 9.88. The number of nitrogens with two attached hydrogens (primary N) is 1. The molecule has 0 aliphatic carbocycles. The molecule has 1 rings (SSSR count). The molecule has 5 heteroatoms. The molecule has 0 bridgehead atoms. The molecule has 0 saturated carbocycles. The van der Waals surface area contributed by atoms with Crippen molar-refractivity contribution < 1.29 is 4.79 Å². The standard InChI is InChI=1S/C14H26N4O/c1-11(2)12(6-7-15)4-5-14(19)17-10-13-16-8-9-18(13)3/h8-9,11-12H,4-7,10,15H2,1-3H3,(H,17,19). The number of aryl methyl sites for hydroxylation is 1. The van der Waals surface area contributed by atoms with Crippen molar-refractivity contribution in [2.45, 2.75) is 39.7 Å². The van der Waals surface area contributed by atoms with E-state index in [0.717, 1.165) is 18.7 Å². The van der Waals surface area contributed by atoms with Crippen LogP contribution in [0.25, 0.3) is 0 Å². The molecular formula is C14H26N4O. The summed E-state index contributed by atoms with van der Waals surface area (Å²) in [4.78, 5) is 16.0. The van der Waals surface area contributed by atoms with Gasteiger partial charge in [0.05, 0.1) is 6.54 Å². The van der Waals surface area contributed by atoms with E-state index in [-0.39, 0.29) is 5.91 Å². The van der Waals surface area contributed by atoms with Gasteiger partial charge in [0.15, 0.2) is 0 Å². The molecule has 3 N–H and O–H groups in total. The minimum atomic E-state index is 0.0886. The van der Waals surface area contributed by atoms with Crippen LogP contribution in [0.15, 0.2) is 12.4 Å². The number of aromatic nitrogens is 2. The van der Waals surface area contributed by atoms with Crippen molar-refractivity contribution >= 4 is 5.91 Å². The molecule has 1 atom stereocenters. The number of amides is 1. The minimum Gasteiger partial charge on any atom is -0.349 e. The second-order valence-electron chi connectivity index (χ2n) is 5.35. The van der Waals surface area contributed by atoms with Gasteiger partial charge in [-0.15, -0.1) is 0 Å². The maximum atomic E-state index is 11.8. The van der Waals surface area contributed by atoms with Crippen LogP contribution in [0.1, 0.15) is 38.9 Å². The van der Waals surface area contributed by atoms with Gasteiger partial charge < -0.3 is 15.6 Å². The van der Waals surface area contributed by atoms with Crippen LogP contribution >= 0.6 is 0 Å². The van der Waals surface area contributed by atoms with Gasteiger partial charge in [-0.25, -0.2) is 4.98 Å². The SMILES string of the molecule is CC(C)C(CCN)CCC(=O)NCc1nccn1C. The first-order valence-corrected chi connectivity index (χ1v) is 6.97. The smallest absolute Gasteiger partial charge is 0.220 e. The first kappa shape index (κ1) is 15.7. The quantitative estimate of drug-likeness (QED) is 0.747. The molecular weight excluding hydrogens is 240 g/mol. The zero-order valence-corrected chi connectivity index (χ0v) is 12.2. The van der Waals surface area contributed by atoms with Gasteiger partial charge in [-0.05, 0) is 31.2 Å². The van der Waals surface area contributed by atoms with Crippen LogP contribution in [0.3, 0.4) is 0 Å². The summed E-state index contributed by atoms with van der Waals surface area (Å²) in [5.41, 5.74) is 5.60. The Labute approximate surface area is 115 Å². The van der Waals surface area contributed by atoms with Crippen molar-refractivity contribution in [2.24, 2.45) is 24.6 Å². The highest BCUT2D eigenvalue weighted by molar-refractivity contribution is 5.75. The van der Waals surface area contributed by atoms with E-state index in [4.69, 9.17) is 5.73 Å². The molecule has 1 amide bonds. The van der Waals surface area contributed by atoms with Crippen LogP contribution in [0.2, 0.25) is 0 Å². The van der Waals surface area contributed by atoms with Gasteiger partial charge in [0.25, 0.3) is 0 Å². The van der Waals surface area contributed by atoms with Crippen molar-refractivity contribution in [2.75, 3.05) is 6.54 Å². The van der Waals surface area contributed by atoms with E-state index in [0.29, 0.717) is 31.3 Å². The number of imidazole rings is 1. The van der Waals surface area contributed by atoms with Crippen LogP contribution in [0.5, 0.6) is 0 Å². The third-order valence-electron chi connectivity index (χ3n) is 3.59. The van der Waals surface area contributed by atoms with Gasteiger partial charge in [0, 0.05) is 25.9 Å². The summed E-state index contributed by atoms with van der Waals surface area (Å²) in [6.45, 7) is 5.56. The number of carbonyl (C=O) groups is 1. The molecule has 0 spiro atoms. The number of nitrogens with zero attached hydrogens (tertiary/aromatic N) is 2. The maximum Gasteiger partial charge on any atom is 0.220 e. The third kappa shape index (κ3) is 5.42. The van der Waals surface area contributed by atoms with Gasteiger partial charge >= 0.3 is 0 Å². The lowest BCUT2D eigenvalue weighted by Crippen LogP contribution is -2.25. The first-order chi connectivity index (χ1) is 9.04. The summed E-state index contributed by atoms with van der Waals surface area (Å²) < 4.78 is 1.91. The molecule has 1 unspecified atom stereocenters. The van der Waals surface area contributed by atoms with E-state index in [2.05, 4.69) is 24.1 Å². The van der Waals surface area contributed by atoms with E-state index in [9.17, 15) is 4.79 Å². The van der Waals surface area contributed by atoms with Gasteiger partial charge in [-0.2, -0.15) is 0 Å². The summed E-state index contributed by atoms with van der Waals surface area (Å²) in [6, 6.07) is 0. The summed E-state index contributed by atoms with van der Waals surface area (Å²) in [7, 11) is 1.92. The summed E-state index contributed by atoms with van der Waals surface area (Å²) in [5, 5.41) is 2.91. The van der Waals surface area contributed by atoms with Gasteiger partial charge in [0.2, 0.25) is 5.91 Å². The fourth-order valence-corrected chi connectivity index (χ4v) is 2.17. The summed E-state index contributed by atoms with van der Waals surface area (Å²) in [5.74, 6) is 2.07. The lowest BCUT2D eigenvalue weighted by Gasteiger charge is -2.19. The van der Waals surface area contributed by atoms with Gasteiger partial charge in [0.1, 0.15) is 5.82 Å². The van der Waals surface area contributed by atoms with Crippen LogP contribution in [-0.4, -0.2) is 22.0 Å².